The zero-order chi connectivity index (χ0) is 17.3. The van der Waals surface area contributed by atoms with Crippen LogP contribution in [0.3, 0.4) is 0 Å². The Hall–Kier alpha value is -1.09. The zero-order valence-corrected chi connectivity index (χ0v) is 16.0. The van der Waals surface area contributed by atoms with E-state index >= 15 is 0 Å². The molecule has 1 aliphatic rings. The van der Waals surface area contributed by atoms with Crippen molar-refractivity contribution in [2.45, 2.75) is 10.3 Å². The van der Waals surface area contributed by atoms with Gasteiger partial charge in [0, 0.05) is 22.3 Å². The van der Waals surface area contributed by atoms with E-state index in [1.807, 2.05) is 12.1 Å². The van der Waals surface area contributed by atoms with Crippen LogP contribution in [0.4, 0.5) is 4.39 Å². The van der Waals surface area contributed by atoms with E-state index < -0.39 is 15.8 Å². The van der Waals surface area contributed by atoms with Crippen molar-refractivity contribution in [3.63, 3.8) is 0 Å². The van der Waals surface area contributed by atoms with Gasteiger partial charge in [0.1, 0.15) is 11.6 Å². The van der Waals surface area contributed by atoms with E-state index in [2.05, 4.69) is 15.9 Å². The number of hydrogen-bond donors (Lipinski definition) is 0. The lowest BCUT2D eigenvalue weighted by atomic mass is 10.2. The molecule has 1 aliphatic heterocycles. The topological polar surface area (TPSA) is 46.6 Å². The molecule has 0 bridgehead atoms. The van der Waals surface area contributed by atoms with Gasteiger partial charge >= 0.3 is 0 Å². The summed E-state index contributed by atoms with van der Waals surface area (Å²) in [5.41, 5.74) is 0.792. The molecular formula is C16H15BrFNO3S2. The van der Waals surface area contributed by atoms with Gasteiger partial charge < -0.3 is 4.74 Å². The SMILES string of the molecule is COc1ccc(Br)cc1C1SCCN1S(=O)(=O)c1ccc(F)cc1. The first-order valence-corrected chi connectivity index (χ1v) is 10.4. The summed E-state index contributed by atoms with van der Waals surface area (Å²) in [5.74, 6) is 0.854. The van der Waals surface area contributed by atoms with E-state index in [4.69, 9.17) is 4.74 Å². The Bertz CT molecular complexity index is 843. The Balaban J connectivity index is 2.02. The van der Waals surface area contributed by atoms with Crippen LogP contribution in [0.1, 0.15) is 10.9 Å². The van der Waals surface area contributed by atoms with Crippen LogP contribution in [0.2, 0.25) is 0 Å². The van der Waals surface area contributed by atoms with Gasteiger partial charge in [0.25, 0.3) is 0 Å². The van der Waals surface area contributed by atoms with E-state index in [9.17, 15) is 12.8 Å². The van der Waals surface area contributed by atoms with Gasteiger partial charge in [-0.2, -0.15) is 4.31 Å². The highest BCUT2D eigenvalue weighted by atomic mass is 79.9. The molecule has 1 unspecified atom stereocenters. The van der Waals surface area contributed by atoms with Crippen molar-refractivity contribution < 1.29 is 17.5 Å². The van der Waals surface area contributed by atoms with Gasteiger partial charge in [0.05, 0.1) is 17.4 Å². The van der Waals surface area contributed by atoms with Gasteiger partial charge in [-0.3, -0.25) is 0 Å². The first-order valence-electron chi connectivity index (χ1n) is 7.16. The Morgan fingerprint density at radius 1 is 1.25 bits per heavy atom. The third-order valence-electron chi connectivity index (χ3n) is 3.73. The molecule has 128 valence electrons. The first-order chi connectivity index (χ1) is 11.4. The van der Waals surface area contributed by atoms with Crippen LogP contribution in [0.25, 0.3) is 0 Å². The minimum absolute atomic E-state index is 0.0883. The van der Waals surface area contributed by atoms with Crippen molar-refractivity contribution in [1.82, 2.24) is 4.31 Å². The Morgan fingerprint density at radius 3 is 2.62 bits per heavy atom. The zero-order valence-electron chi connectivity index (χ0n) is 12.8. The molecule has 0 aliphatic carbocycles. The molecule has 2 aromatic carbocycles. The second kappa shape index (κ2) is 7.03. The third-order valence-corrected chi connectivity index (χ3v) is 7.47. The highest BCUT2D eigenvalue weighted by Gasteiger charge is 2.38. The highest BCUT2D eigenvalue weighted by Crippen LogP contribution is 2.45. The lowest BCUT2D eigenvalue weighted by Gasteiger charge is -2.25. The number of thioether (sulfide) groups is 1. The van der Waals surface area contributed by atoms with E-state index in [0.29, 0.717) is 18.0 Å². The average Bonchev–Trinajstić information content (AvgIpc) is 3.05. The quantitative estimate of drug-likeness (QED) is 0.732. The fraction of sp³-hybridized carbons (Fsp3) is 0.250. The Labute approximate surface area is 153 Å². The summed E-state index contributed by atoms with van der Waals surface area (Å²) in [6.45, 7) is 0.394. The van der Waals surface area contributed by atoms with E-state index in [1.54, 1.807) is 13.2 Å². The van der Waals surface area contributed by atoms with Gasteiger partial charge in [0.15, 0.2) is 0 Å². The van der Waals surface area contributed by atoms with Crippen LogP contribution >= 0.6 is 27.7 Å². The van der Waals surface area contributed by atoms with Crippen LogP contribution in [0.15, 0.2) is 51.8 Å². The number of ether oxygens (including phenoxy) is 1. The van der Waals surface area contributed by atoms with Gasteiger partial charge in [-0.05, 0) is 42.5 Å². The summed E-state index contributed by atoms with van der Waals surface area (Å²) in [7, 11) is -2.15. The summed E-state index contributed by atoms with van der Waals surface area (Å²) in [6.07, 6.45) is 0. The third kappa shape index (κ3) is 3.33. The fourth-order valence-corrected chi connectivity index (χ4v) is 6.21. The van der Waals surface area contributed by atoms with Gasteiger partial charge in [-0.15, -0.1) is 11.8 Å². The van der Waals surface area contributed by atoms with Crippen LogP contribution < -0.4 is 4.74 Å². The molecule has 4 nitrogen and oxygen atoms in total. The largest absolute Gasteiger partial charge is 0.496 e. The Morgan fingerprint density at radius 2 is 1.96 bits per heavy atom. The molecule has 24 heavy (non-hydrogen) atoms. The molecule has 0 spiro atoms. The number of nitrogens with zero attached hydrogens (tertiary/aromatic N) is 1. The van der Waals surface area contributed by atoms with Crippen LogP contribution in [0.5, 0.6) is 5.75 Å². The van der Waals surface area contributed by atoms with Crippen molar-refractivity contribution in [3.8, 4) is 5.75 Å². The van der Waals surface area contributed by atoms with Crippen molar-refractivity contribution in [2.75, 3.05) is 19.4 Å². The first kappa shape index (κ1) is 17.7. The van der Waals surface area contributed by atoms with Crippen molar-refractivity contribution in [2.24, 2.45) is 0 Å². The maximum absolute atomic E-state index is 13.1. The second-order valence-electron chi connectivity index (χ2n) is 5.18. The molecule has 1 atom stereocenters. The molecule has 0 aromatic heterocycles. The summed E-state index contributed by atoms with van der Waals surface area (Å²) < 4.78 is 46.7. The van der Waals surface area contributed by atoms with Crippen LogP contribution in [-0.4, -0.2) is 32.1 Å². The molecule has 0 radical (unpaired) electrons. The number of halogens is 2. The monoisotopic (exact) mass is 431 g/mol. The number of rotatable bonds is 4. The second-order valence-corrected chi connectivity index (χ2v) is 9.17. The normalized spacial score (nSPS) is 18.7. The molecule has 1 fully saturated rings. The maximum Gasteiger partial charge on any atom is 0.244 e. The summed E-state index contributed by atoms with van der Waals surface area (Å²) >= 11 is 4.96. The summed E-state index contributed by atoms with van der Waals surface area (Å²) in [4.78, 5) is 0.0883. The number of methoxy groups -OCH3 is 1. The molecule has 2 aromatic rings. The van der Waals surface area contributed by atoms with Crippen molar-refractivity contribution in [3.05, 3.63) is 58.3 Å². The lowest BCUT2D eigenvalue weighted by molar-refractivity contribution is 0.390. The maximum atomic E-state index is 13.1. The van der Waals surface area contributed by atoms with Gasteiger partial charge in [-0.1, -0.05) is 15.9 Å². The van der Waals surface area contributed by atoms with E-state index in [1.165, 1.54) is 28.2 Å². The molecule has 3 rings (SSSR count). The summed E-state index contributed by atoms with van der Waals surface area (Å²) in [6, 6.07) is 10.4. The number of hydrogen-bond acceptors (Lipinski definition) is 4. The molecule has 0 saturated carbocycles. The smallest absolute Gasteiger partial charge is 0.244 e. The molecule has 1 heterocycles. The van der Waals surface area contributed by atoms with Gasteiger partial charge in [-0.25, -0.2) is 12.8 Å². The molecule has 0 amide bonds. The average molecular weight is 432 g/mol. The van der Waals surface area contributed by atoms with Crippen LogP contribution in [-0.2, 0) is 10.0 Å². The number of benzene rings is 2. The molecule has 0 N–H and O–H groups in total. The van der Waals surface area contributed by atoms with Crippen molar-refractivity contribution >= 4 is 37.7 Å². The lowest BCUT2D eigenvalue weighted by Crippen LogP contribution is -2.30. The van der Waals surface area contributed by atoms with Crippen molar-refractivity contribution in [1.29, 1.82) is 0 Å². The summed E-state index contributed by atoms with van der Waals surface area (Å²) in [5, 5.41) is -0.382. The van der Waals surface area contributed by atoms with Gasteiger partial charge in [0.2, 0.25) is 10.0 Å². The highest BCUT2D eigenvalue weighted by molar-refractivity contribution is 9.10. The molecule has 1 saturated heterocycles. The van der Waals surface area contributed by atoms with Crippen LogP contribution in [0, 0.1) is 5.82 Å². The minimum atomic E-state index is -3.72. The Kier molecular flexibility index (Phi) is 5.19. The standard InChI is InChI=1S/C16H15BrFNO3S2/c1-22-15-7-2-11(17)10-14(15)16-19(8-9-23-16)24(20,21)13-5-3-12(18)4-6-13/h2-7,10,16H,8-9H2,1H3. The predicted molar refractivity (Wildman–Crippen MR) is 96.2 cm³/mol. The molecule has 8 heteroatoms. The number of sulfonamides is 1. The predicted octanol–water partition coefficient (Wildman–Crippen LogP) is 4.03. The fourth-order valence-electron chi connectivity index (χ4n) is 2.59. The van der Waals surface area contributed by atoms with E-state index in [0.717, 1.165) is 22.2 Å². The van der Waals surface area contributed by atoms with E-state index in [-0.39, 0.29) is 10.3 Å². The minimum Gasteiger partial charge on any atom is -0.496 e. The molecular weight excluding hydrogens is 417 g/mol.